The van der Waals surface area contributed by atoms with E-state index in [0.29, 0.717) is 0 Å². The molecule has 0 aromatic heterocycles. The number of nitrogens with zero attached hydrogens (tertiary/aromatic N) is 1. The van der Waals surface area contributed by atoms with Gasteiger partial charge in [0.25, 0.3) is 0 Å². The second-order valence-corrected chi connectivity index (χ2v) is 3.27. The molecule has 4 N–H and O–H groups in total. The molecule has 0 aromatic rings. The monoisotopic (exact) mass is 179 g/mol. The minimum absolute atomic E-state index is 0.101. The van der Waals surface area contributed by atoms with Crippen LogP contribution in [0.15, 0.2) is 28.9 Å². The zero-order valence-electron chi connectivity index (χ0n) is 7.22. The van der Waals surface area contributed by atoms with Crippen molar-refractivity contribution in [3.8, 4) is 0 Å². The summed E-state index contributed by atoms with van der Waals surface area (Å²) in [6.45, 7) is 0.255. The Bertz CT molecular complexity index is 283. The van der Waals surface area contributed by atoms with Crippen LogP contribution in [0.1, 0.15) is 0 Å². The highest BCUT2D eigenvalue weighted by Crippen LogP contribution is 2.23. The third kappa shape index (κ3) is 1.38. The smallest absolute Gasteiger partial charge is 0.0896 e. The lowest BCUT2D eigenvalue weighted by atomic mass is 9.87. The van der Waals surface area contributed by atoms with Gasteiger partial charge in [-0.15, -0.1) is 0 Å². The number of nitrogens with two attached hydrogens (primary N) is 1. The molecule has 3 unspecified atom stereocenters. The fourth-order valence-electron chi connectivity index (χ4n) is 1.69. The van der Waals surface area contributed by atoms with Crippen LogP contribution in [0.2, 0.25) is 0 Å². The van der Waals surface area contributed by atoms with Crippen molar-refractivity contribution < 1.29 is 5.11 Å². The third-order valence-corrected chi connectivity index (χ3v) is 2.43. The molecule has 0 aromatic carbocycles. The molecule has 0 fully saturated rings. The van der Waals surface area contributed by atoms with Crippen LogP contribution in [0.3, 0.4) is 0 Å². The molecule has 4 heteroatoms. The molecule has 0 amide bonds. The largest absolute Gasteiger partial charge is 0.387 e. The standard InChI is InChI=1S/C9H13N3O/c10-4-8(13)7-3-1-2-6-5-11-12-9(6)7/h1-3,5-6,8-9,12-13H,4,10H2. The van der Waals surface area contributed by atoms with Gasteiger partial charge in [-0.25, -0.2) is 0 Å². The highest BCUT2D eigenvalue weighted by atomic mass is 16.3. The Kier molecular flexibility index (Phi) is 2.16. The fourth-order valence-corrected chi connectivity index (χ4v) is 1.69. The van der Waals surface area contributed by atoms with Crippen LogP contribution in [0.25, 0.3) is 0 Å². The number of hydrazone groups is 1. The van der Waals surface area contributed by atoms with E-state index in [0.717, 1.165) is 5.57 Å². The maximum Gasteiger partial charge on any atom is 0.0896 e. The Morgan fingerprint density at radius 3 is 3.31 bits per heavy atom. The van der Waals surface area contributed by atoms with Crippen LogP contribution in [0, 0.1) is 5.92 Å². The average Bonchev–Trinajstić information content (AvgIpc) is 2.63. The number of aliphatic hydroxyl groups excluding tert-OH is 1. The molecule has 0 spiro atoms. The molecular formula is C9H13N3O. The molecule has 0 radical (unpaired) electrons. The predicted molar refractivity (Wildman–Crippen MR) is 51.2 cm³/mol. The van der Waals surface area contributed by atoms with E-state index < -0.39 is 6.10 Å². The van der Waals surface area contributed by atoms with Gasteiger partial charge in [-0.1, -0.05) is 18.2 Å². The summed E-state index contributed by atoms with van der Waals surface area (Å²) in [4.78, 5) is 0. The van der Waals surface area contributed by atoms with Gasteiger partial charge in [0.15, 0.2) is 0 Å². The Morgan fingerprint density at radius 2 is 2.54 bits per heavy atom. The number of aliphatic hydroxyl groups is 1. The molecule has 4 nitrogen and oxygen atoms in total. The van der Waals surface area contributed by atoms with Crippen molar-refractivity contribution in [1.82, 2.24) is 5.43 Å². The zero-order valence-corrected chi connectivity index (χ0v) is 7.22. The first kappa shape index (κ1) is 8.47. The lowest BCUT2D eigenvalue weighted by molar-refractivity contribution is 0.206. The molecule has 1 aliphatic carbocycles. The second kappa shape index (κ2) is 3.32. The van der Waals surface area contributed by atoms with Crippen LogP contribution in [-0.2, 0) is 0 Å². The number of hydrogen-bond acceptors (Lipinski definition) is 4. The van der Waals surface area contributed by atoms with Crippen molar-refractivity contribution >= 4 is 6.21 Å². The maximum absolute atomic E-state index is 9.61. The van der Waals surface area contributed by atoms with Crippen molar-refractivity contribution in [2.75, 3.05) is 6.54 Å². The first-order chi connectivity index (χ1) is 6.33. The number of fused-ring (bicyclic) bond motifs is 1. The molecular weight excluding hydrogens is 166 g/mol. The summed E-state index contributed by atoms with van der Waals surface area (Å²) in [5.41, 5.74) is 9.28. The summed E-state index contributed by atoms with van der Waals surface area (Å²) < 4.78 is 0. The van der Waals surface area contributed by atoms with Crippen molar-refractivity contribution in [3.05, 3.63) is 23.8 Å². The van der Waals surface area contributed by atoms with Gasteiger partial charge in [0.2, 0.25) is 0 Å². The summed E-state index contributed by atoms with van der Waals surface area (Å²) >= 11 is 0. The van der Waals surface area contributed by atoms with E-state index in [1.165, 1.54) is 0 Å². The normalized spacial score (nSPS) is 32.3. The molecule has 70 valence electrons. The summed E-state index contributed by atoms with van der Waals surface area (Å²) in [6, 6.07) is 0.101. The lowest BCUT2D eigenvalue weighted by Gasteiger charge is -2.25. The highest BCUT2D eigenvalue weighted by molar-refractivity contribution is 5.68. The Hall–Kier alpha value is -1.13. The van der Waals surface area contributed by atoms with Crippen molar-refractivity contribution in [3.63, 3.8) is 0 Å². The van der Waals surface area contributed by atoms with Crippen molar-refractivity contribution in [2.45, 2.75) is 12.1 Å². The third-order valence-electron chi connectivity index (χ3n) is 2.43. The van der Waals surface area contributed by atoms with Gasteiger partial charge in [0.05, 0.1) is 12.1 Å². The molecule has 0 saturated heterocycles. The van der Waals surface area contributed by atoms with Gasteiger partial charge >= 0.3 is 0 Å². The Morgan fingerprint density at radius 1 is 1.69 bits per heavy atom. The SMILES string of the molecule is NCC(O)C1=CC=CC2C=NNC12. The number of hydrogen-bond donors (Lipinski definition) is 3. The van der Waals surface area contributed by atoms with Crippen molar-refractivity contribution in [2.24, 2.45) is 16.8 Å². The highest BCUT2D eigenvalue weighted by Gasteiger charge is 2.30. The Labute approximate surface area is 76.8 Å². The first-order valence-corrected chi connectivity index (χ1v) is 4.38. The molecule has 2 aliphatic rings. The van der Waals surface area contributed by atoms with E-state index in [2.05, 4.69) is 16.6 Å². The van der Waals surface area contributed by atoms with Gasteiger partial charge in [-0.2, -0.15) is 5.10 Å². The van der Waals surface area contributed by atoms with E-state index in [1.54, 1.807) is 0 Å². The molecule has 13 heavy (non-hydrogen) atoms. The molecule has 3 atom stereocenters. The van der Waals surface area contributed by atoms with Gasteiger partial charge in [0.1, 0.15) is 0 Å². The van der Waals surface area contributed by atoms with Gasteiger partial charge < -0.3 is 16.3 Å². The molecule has 2 rings (SSSR count). The number of allylic oxidation sites excluding steroid dienone is 2. The van der Waals surface area contributed by atoms with Gasteiger partial charge in [-0.3, -0.25) is 0 Å². The van der Waals surface area contributed by atoms with Crippen LogP contribution < -0.4 is 11.2 Å². The second-order valence-electron chi connectivity index (χ2n) is 3.27. The average molecular weight is 179 g/mol. The van der Waals surface area contributed by atoms with Crippen molar-refractivity contribution in [1.29, 1.82) is 0 Å². The Balaban J connectivity index is 2.19. The molecule has 1 heterocycles. The number of rotatable bonds is 2. The minimum Gasteiger partial charge on any atom is -0.387 e. The fraction of sp³-hybridized carbons (Fsp3) is 0.444. The maximum atomic E-state index is 9.61. The summed E-state index contributed by atoms with van der Waals surface area (Å²) in [5, 5.41) is 13.6. The van der Waals surface area contributed by atoms with E-state index in [1.807, 2.05) is 18.4 Å². The van der Waals surface area contributed by atoms with Crippen LogP contribution in [-0.4, -0.2) is 30.0 Å². The van der Waals surface area contributed by atoms with E-state index in [4.69, 9.17) is 5.73 Å². The first-order valence-electron chi connectivity index (χ1n) is 4.38. The minimum atomic E-state index is -0.563. The number of nitrogens with one attached hydrogen (secondary N) is 1. The quantitative estimate of drug-likeness (QED) is 0.529. The summed E-state index contributed by atoms with van der Waals surface area (Å²) in [5.74, 6) is 0.265. The van der Waals surface area contributed by atoms with Crippen LogP contribution in [0.5, 0.6) is 0 Å². The topological polar surface area (TPSA) is 70.6 Å². The molecule has 1 aliphatic heterocycles. The zero-order chi connectivity index (χ0) is 9.26. The van der Waals surface area contributed by atoms with E-state index >= 15 is 0 Å². The lowest BCUT2D eigenvalue weighted by Crippen LogP contribution is -2.38. The van der Waals surface area contributed by atoms with Crippen LogP contribution >= 0.6 is 0 Å². The summed E-state index contributed by atoms with van der Waals surface area (Å²) in [7, 11) is 0. The van der Waals surface area contributed by atoms with Gasteiger partial charge in [-0.05, 0) is 5.57 Å². The molecule has 0 saturated carbocycles. The van der Waals surface area contributed by atoms with Crippen LogP contribution in [0.4, 0.5) is 0 Å². The van der Waals surface area contributed by atoms with E-state index in [9.17, 15) is 5.11 Å². The summed E-state index contributed by atoms with van der Waals surface area (Å²) in [6.07, 6.45) is 7.18. The predicted octanol–water partition coefficient (Wildman–Crippen LogP) is -0.624. The molecule has 0 bridgehead atoms. The van der Waals surface area contributed by atoms with Gasteiger partial charge in [0, 0.05) is 18.7 Å². The van der Waals surface area contributed by atoms with E-state index in [-0.39, 0.29) is 18.5 Å².